The number of benzene rings is 1. The Hall–Kier alpha value is -1.62. The van der Waals surface area contributed by atoms with Crippen LogP contribution in [-0.4, -0.2) is 20.2 Å². The average molecular weight is 239 g/mol. The molecule has 1 aromatic carbocycles. The molecule has 6 heteroatoms. The predicted molar refractivity (Wildman–Crippen MR) is 61.1 cm³/mol. The van der Waals surface area contributed by atoms with Gasteiger partial charge in [0, 0.05) is 5.02 Å². The molecule has 0 fully saturated rings. The number of aromatic nitrogens is 4. The van der Waals surface area contributed by atoms with Crippen molar-refractivity contribution in [3.8, 4) is 5.69 Å². The molecule has 0 bridgehead atoms. The van der Waals surface area contributed by atoms with E-state index < -0.39 is 0 Å². The average Bonchev–Trinajstić information content (AvgIpc) is 2.63. The van der Waals surface area contributed by atoms with Gasteiger partial charge in [0.1, 0.15) is 0 Å². The summed E-state index contributed by atoms with van der Waals surface area (Å²) in [4.78, 5) is 11.3. The highest BCUT2D eigenvalue weighted by atomic mass is 35.5. The van der Waals surface area contributed by atoms with Crippen LogP contribution in [0.15, 0.2) is 23.0 Å². The molecular formula is C10H11ClN4O. The van der Waals surface area contributed by atoms with Crippen LogP contribution in [0.4, 0.5) is 0 Å². The number of tetrazole rings is 1. The molecule has 0 aliphatic carbocycles. The van der Waals surface area contributed by atoms with Gasteiger partial charge in [0.05, 0.1) is 5.69 Å². The van der Waals surface area contributed by atoms with Crippen molar-refractivity contribution in [1.29, 1.82) is 0 Å². The van der Waals surface area contributed by atoms with E-state index in [1.807, 2.05) is 6.07 Å². The van der Waals surface area contributed by atoms with Gasteiger partial charge in [-0.3, -0.25) is 0 Å². The molecule has 0 unspecified atom stereocenters. The molecule has 0 saturated heterocycles. The molecule has 2 rings (SSSR count). The lowest BCUT2D eigenvalue weighted by molar-refractivity contribution is 0.777. The molecule has 0 aliphatic rings. The van der Waals surface area contributed by atoms with E-state index in [0.29, 0.717) is 16.6 Å². The number of aromatic amines is 1. The Morgan fingerprint density at radius 1 is 1.44 bits per heavy atom. The molecule has 0 atom stereocenters. The maximum Gasteiger partial charge on any atom is 0.365 e. The zero-order valence-corrected chi connectivity index (χ0v) is 9.69. The monoisotopic (exact) mass is 238 g/mol. The summed E-state index contributed by atoms with van der Waals surface area (Å²) in [6.07, 6.45) is 0. The Kier molecular flexibility index (Phi) is 2.78. The van der Waals surface area contributed by atoms with E-state index in [1.165, 1.54) is 0 Å². The molecule has 2 aromatic rings. The normalized spacial score (nSPS) is 11.0. The summed E-state index contributed by atoms with van der Waals surface area (Å²) < 4.78 is 1.16. The van der Waals surface area contributed by atoms with Crippen LogP contribution in [-0.2, 0) is 0 Å². The van der Waals surface area contributed by atoms with Crippen molar-refractivity contribution in [2.24, 2.45) is 0 Å². The van der Waals surface area contributed by atoms with Crippen LogP contribution in [0.1, 0.15) is 25.3 Å². The third kappa shape index (κ3) is 1.86. The van der Waals surface area contributed by atoms with Crippen molar-refractivity contribution >= 4 is 11.6 Å². The SMILES string of the molecule is CC(C)c1ccc(-n2nn[nH]c2=O)cc1Cl. The Morgan fingerprint density at radius 3 is 2.69 bits per heavy atom. The first-order valence-corrected chi connectivity index (χ1v) is 5.27. The molecular weight excluding hydrogens is 228 g/mol. The summed E-state index contributed by atoms with van der Waals surface area (Å²) in [7, 11) is 0. The summed E-state index contributed by atoms with van der Waals surface area (Å²) in [6, 6.07) is 5.40. The summed E-state index contributed by atoms with van der Waals surface area (Å²) in [5.41, 5.74) is 1.27. The molecule has 84 valence electrons. The fraction of sp³-hybridized carbons (Fsp3) is 0.300. The first-order chi connectivity index (χ1) is 7.59. The second-order valence-corrected chi connectivity index (χ2v) is 4.19. The van der Waals surface area contributed by atoms with Gasteiger partial charge in [-0.1, -0.05) is 31.5 Å². The Balaban J connectivity index is 2.50. The molecule has 1 heterocycles. The van der Waals surface area contributed by atoms with Crippen LogP contribution in [0.5, 0.6) is 0 Å². The van der Waals surface area contributed by atoms with Gasteiger partial charge in [-0.05, 0) is 34.0 Å². The standard InChI is InChI=1S/C10H11ClN4O/c1-6(2)8-4-3-7(5-9(8)11)15-10(16)12-13-14-15/h3-6H,1-2H3,(H,12,14,16). The van der Waals surface area contributed by atoms with Crippen LogP contribution in [0.25, 0.3) is 5.69 Å². The smallest absolute Gasteiger partial charge is 0.244 e. The molecule has 1 N–H and O–H groups in total. The van der Waals surface area contributed by atoms with Gasteiger partial charge in [-0.2, -0.15) is 4.68 Å². The number of hydrogen-bond acceptors (Lipinski definition) is 3. The highest BCUT2D eigenvalue weighted by Crippen LogP contribution is 2.25. The zero-order valence-electron chi connectivity index (χ0n) is 8.94. The summed E-state index contributed by atoms with van der Waals surface area (Å²) in [5, 5.41) is 9.91. The molecule has 0 amide bonds. The van der Waals surface area contributed by atoms with Gasteiger partial charge in [0.25, 0.3) is 0 Å². The van der Waals surface area contributed by atoms with Crippen LogP contribution in [0.3, 0.4) is 0 Å². The van der Waals surface area contributed by atoms with E-state index in [-0.39, 0.29) is 5.69 Å². The van der Waals surface area contributed by atoms with E-state index in [1.54, 1.807) is 12.1 Å². The number of hydrogen-bond donors (Lipinski definition) is 1. The number of H-pyrrole nitrogens is 1. The predicted octanol–water partition coefficient (Wildman–Crippen LogP) is 1.73. The number of nitrogens with one attached hydrogen (secondary N) is 1. The lowest BCUT2D eigenvalue weighted by atomic mass is 10.0. The highest BCUT2D eigenvalue weighted by molar-refractivity contribution is 6.31. The van der Waals surface area contributed by atoms with Crippen LogP contribution < -0.4 is 5.69 Å². The lowest BCUT2D eigenvalue weighted by Gasteiger charge is -2.08. The van der Waals surface area contributed by atoms with Gasteiger partial charge in [0.2, 0.25) is 0 Å². The Labute approximate surface area is 97.0 Å². The Bertz CT molecular complexity index is 558. The van der Waals surface area contributed by atoms with Crippen LogP contribution in [0, 0.1) is 0 Å². The molecule has 0 saturated carbocycles. The molecule has 0 radical (unpaired) electrons. The second-order valence-electron chi connectivity index (χ2n) is 3.78. The third-order valence-electron chi connectivity index (χ3n) is 2.32. The van der Waals surface area contributed by atoms with E-state index in [4.69, 9.17) is 11.6 Å². The van der Waals surface area contributed by atoms with Crippen molar-refractivity contribution in [2.75, 3.05) is 0 Å². The largest absolute Gasteiger partial charge is 0.365 e. The van der Waals surface area contributed by atoms with Gasteiger partial charge in [-0.25, -0.2) is 9.89 Å². The fourth-order valence-corrected chi connectivity index (χ4v) is 1.88. The summed E-state index contributed by atoms with van der Waals surface area (Å²) in [5.74, 6) is 0.343. The van der Waals surface area contributed by atoms with Gasteiger partial charge in [0.15, 0.2) is 0 Å². The quantitative estimate of drug-likeness (QED) is 0.867. The lowest BCUT2D eigenvalue weighted by Crippen LogP contribution is -2.16. The zero-order chi connectivity index (χ0) is 11.7. The number of rotatable bonds is 2. The summed E-state index contributed by atoms with van der Waals surface area (Å²) >= 11 is 6.12. The molecule has 1 aromatic heterocycles. The van der Waals surface area contributed by atoms with Crippen molar-refractivity contribution in [1.82, 2.24) is 20.2 Å². The van der Waals surface area contributed by atoms with Crippen molar-refractivity contribution in [3.05, 3.63) is 39.3 Å². The van der Waals surface area contributed by atoms with E-state index in [2.05, 4.69) is 29.4 Å². The first kappa shape index (κ1) is 10.9. The van der Waals surface area contributed by atoms with E-state index >= 15 is 0 Å². The van der Waals surface area contributed by atoms with Gasteiger partial charge >= 0.3 is 5.69 Å². The second kappa shape index (κ2) is 4.09. The van der Waals surface area contributed by atoms with Crippen LogP contribution >= 0.6 is 11.6 Å². The van der Waals surface area contributed by atoms with Crippen LogP contribution in [0.2, 0.25) is 5.02 Å². The van der Waals surface area contributed by atoms with E-state index in [0.717, 1.165) is 10.2 Å². The molecule has 16 heavy (non-hydrogen) atoms. The maximum absolute atomic E-state index is 11.3. The minimum Gasteiger partial charge on any atom is -0.244 e. The molecule has 5 nitrogen and oxygen atoms in total. The topological polar surface area (TPSA) is 63.6 Å². The van der Waals surface area contributed by atoms with Crippen molar-refractivity contribution in [2.45, 2.75) is 19.8 Å². The maximum atomic E-state index is 11.3. The summed E-state index contributed by atoms with van der Waals surface area (Å²) in [6.45, 7) is 4.12. The highest BCUT2D eigenvalue weighted by Gasteiger charge is 2.08. The minimum absolute atomic E-state index is 0.343. The van der Waals surface area contributed by atoms with Gasteiger partial charge in [-0.15, -0.1) is 0 Å². The third-order valence-corrected chi connectivity index (χ3v) is 2.65. The minimum atomic E-state index is -0.381. The fourth-order valence-electron chi connectivity index (χ4n) is 1.48. The molecule has 0 aliphatic heterocycles. The van der Waals surface area contributed by atoms with Crippen molar-refractivity contribution < 1.29 is 0 Å². The van der Waals surface area contributed by atoms with Gasteiger partial charge < -0.3 is 0 Å². The Morgan fingerprint density at radius 2 is 2.19 bits per heavy atom. The molecule has 0 spiro atoms. The van der Waals surface area contributed by atoms with E-state index in [9.17, 15) is 4.79 Å². The van der Waals surface area contributed by atoms with Crippen molar-refractivity contribution in [3.63, 3.8) is 0 Å². The number of halogens is 1. The first-order valence-electron chi connectivity index (χ1n) is 4.90. The number of nitrogens with zero attached hydrogens (tertiary/aromatic N) is 3.